The van der Waals surface area contributed by atoms with Crippen molar-refractivity contribution in [3.8, 4) is 0 Å². The number of aryl methyl sites for hydroxylation is 6. The van der Waals surface area contributed by atoms with Crippen molar-refractivity contribution in [2.45, 2.75) is 133 Å². The van der Waals surface area contributed by atoms with E-state index >= 15 is 0 Å². The first-order valence-corrected chi connectivity index (χ1v) is 28.6. The molecule has 0 spiro atoms. The number of aliphatic carboxylic acids is 4. The number of H-pyrrole nitrogens is 4. The van der Waals surface area contributed by atoms with E-state index in [9.17, 15) is 49.8 Å². The van der Waals surface area contributed by atoms with Crippen LogP contribution < -0.4 is 0 Å². The highest BCUT2D eigenvalue weighted by atomic mass is 16.4. The van der Waals surface area contributed by atoms with Gasteiger partial charge in [0, 0.05) is 92.1 Å². The summed E-state index contributed by atoms with van der Waals surface area (Å²) in [7, 11) is 0. The predicted molar refractivity (Wildman–Crippen MR) is 339 cm³/mol. The molecule has 18 nitrogen and oxygen atoms in total. The number of carboxylic acids is 4. The summed E-state index contributed by atoms with van der Waals surface area (Å²) < 4.78 is 0. The minimum absolute atomic E-state index is 0.0259. The maximum absolute atomic E-state index is 11.6. The molecular formula is C68H72N8O10. The third kappa shape index (κ3) is 12.1. The Morgan fingerprint density at radius 1 is 0.419 bits per heavy atom. The van der Waals surface area contributed by atoms with E-state index in [1.165, 1.54) is 0 Å². The molecule has 0 amide bonds. The Labute approximate surface area is 496 Å². The first-order chi connectivity index (χ1) is 40.8. The number of rotatable bonds is 16. The van der Waals surface area contributed by atoms with Gasteiger partial charge in [0.05, 0.1) is 57.8 Å². The first kappa shape index (κ1) is 61.1. The van der Waals surface area contributed by atoms with E-state index in [1.807, 2.05) is 110 Å². The van der Waals surface area contributed by atoms with Gasteiger partial charge in [0.25, 0.3) is 0 Å². The van der Waals surface area contributed by atoms with Crippen LogP contribution in [0, 0.1) is 27.7 Å². The second kappa shape index (κ2) is 24.6. The molecule has 2 unspecified atom stereocenters. The summed E-state index contributed by atoms with van der Waals surface area (Å²) in [6.45, 7) is 27.1. The summed E-state index contributed by atoms with van der Waals surface area (Å²) >= 11 is 0. The number of carbonyl (C=O) groups is 4. The molecule has 10 heterocycles. The van der Waals surface area contributed by atoms with Gasteiger partial charge >= 0.3 is 23.9 Å². The molecular weight excluding hydrogens is 1090 g/mol. The molecule has 0 fully saturated rings. The average Bonchev–Trinajstić information content (AvgIpc) is 2.07. The third-order valence-electron chi connectivity index (χ3n) is 16.9. The summed E-state index contributed by atoms with van der Waals surface area (Å²) in [5.74, 6) is -3.59. The lowest BCUT2D eigenvalue weighted by molar-refractivity contribution is -0.138. The lowest BCUT2D eigenvalue weighted by atomic mass is 9.99. The molecule has 18 heteroatoms. The zero-order valence-electron chi connectivity index (χ0n) is 50.1. The number of aromatic nitrogens is 8. The van der Waals surface area contributed by atoms with Gasteiger partial charge in [-0.2, -0.15) is 0 Å². The molecule has 2 atom stereocenters. The Balaban J connectivity index is 0.000000206. The van der Waals surface area contributed by atoms with Gasteiger partial charge in [0.2, 0.25) is 0 Å². The minimum atomic E-state index is -0.914. The number of nitrogens with zero attached hydrogens (tertiary/aromatic N) is 4. The van der Waals surface area contributed by atoms with E-state index < -0.39 is 36.1 Å². The van der Waals surface area contributed by atoms with Crippen LogP contribution in [0.5, 0.6) is 0 Å². The van der Waals surface area contributed by atoms with Crippen molar-refractivity contribution in [1.29, 1.82) is 0 Å². The van der Waals surface area contributed by atoms with Crippen LogP contribution in [0.3, 0.4) is 0 Å². The van der Waals surface area contributed by atoms with E-state index in [1.54, 1.807) is 19.9 Å². The smallest absolute Gasteiger partial charge is 0.303 e. The summed E-state index contributed by atoms with van der Waals surface area (Å²) in [4.78, 5) is 79.8. The Hall–Kier alpha value is -9.52. The molecule has 0 aliphatic carbocycles. The van der Waals surface area contributed by atoms with Crippen LogP contribution in [-0.2, 0) is 32.0 Å². The van der Waals surface area contributed by atoms with Crippen molar-refractivity contribution in [2.75, 3.05) is 0 Å². The molecule has 4 aliphatic rings. The first-order valence-electron chi connectivity index (χ1n) is 28.6. The van der Waals surface area contributed by atoms with Crippen molar-refractivity contribution in [2.24, 2.45) is 0 Å². The molecule has 6 aromatic rings. The lowest BCUT2D eigenvalue weighted by Gasteiger charge is -2.07. The molecule has 86 heavy (non-hydrogen) atoms. The van der Waals surface area contributed by atoms with Crippen molar-refractivity contribution < 1.29 is 49.8 Å². The van der Waals surface area contributed by atoms with Crippen LogP contribution in [0.15, 0.2) is 67.8 Å². The van der Waals surface area contributed by atoms with Crippen molar-refractivity contribution in [1.82, 2.24) is 39.9 Å². The second-order valence-electron chi connectivity index (χ2n) is 22.4. The Kier molecular flexibility index (Phi) is 17.5. The van der Waals surface area contributed by atoms with Gasteiger partial charge in [0.15, 0.2) is 0 Å². The number of allylic oxidation sites excluding steroid dienone is 8. The van der Waals surface area contributed by atoms with Gasteiger partial charge < -0.3 is 50.6 Å². The van der Waals surface area contributed by atoms with Gasteiger partial charge in [-0.05, 0) is 210 Å². The number of aliphatic hydroxyl groups is 2. The normalized spacial score (nSPS) is 13.9. The summed E-state index contributed by atoms with van der Waals surface area (Å²) in [6, 6.07) is 15.4. The van der Waals surface area contributed by atoms with E-state index in [4.69, 9.17) is 19.9 Å². The zero-order valence-corrected chi connectivity index (χ0v) is 50.1. The van der Waals surface area contributed by atoms with Crippen LogP contribution >= 0.6 is 0 Å². The standard InChI is InChI=1S/C34H38N4O6.C34H34N4O4/c1-15-21(7-9-31(41)42)27-14-28-22(8-10-32(43)44)16(2)24(36-28)12-29-34(20(6)40)18(4)26(38-29)13-30-33(19(5)39)17(3)25(37-30)11-23(15)35-27;1-7-21-17(3)25-13-26-19(5)23(9-11-33(39)40)31(37-26)16-32-24(10-12-34(41)42)20(6)28(38-32)15-30-22(8-2)18(4)27(36-30)14-29(21)35-25/h11-14,19-20,36-37,39-40H,7-10H2,1-6H3,(H,41,42)(H,43,44);7-8,13-16,35,38H,1-2,9-12H2,3-6H3,(H,39,40)(H,41,42). The molecule has 444 valence electrons. The van der Waals surface area contributed by atoms with E-state index in [2.05, 4.69) is 33.1 Å². The quantitative estimate of drug-likeness (QED) is 0.0431. The minimum Gasteiger partial charge on any atom is -0.481 e. The monoisotopic (exact) mass is 1160 g/mol. The van der Waals surface area contributed by atoms with Gasteiger partial charge in [-0.3, -0.25) is 19.2 Å². The lowest BCUT2D eigenvalue weighted by Crippen LogP contribution is -2.02. The number of hydrogen-bond donors (Lipinski definition) is 10. The maximum atomic E-state index is 11.6. The van der Waals surface area contributed by atoms with Crippen molar-refractivity contribution in [3.63, 3.8) is 0 Å². The fourth-order valence-corrected chi connectivity index (χ4v) is 12.1. The second-order valence-corrected chi connectivity index (χ2v) is 22.4. The number of hydrogen-bond acceptors (Lipinski definition) is 10. The molecule has 10 rings (SSSR count). The maximum Gasteiger partial charge on any atom is 0.303 e. The van der Waals surface area contributed by atoms with E-state index in [-0.39, 0.29) is 38.5 Å². The highest BCUT2D eigenvalue weighted by molar-refractivity contribution is 6.00. The molecule has 6 aromatic heterocycles. The number of fused-ring (bicyclic) bond motifs is 16. The molecule has 10 N–H and O–H groups in total. The average molecular weight is 1160 g/mol. The van der Waals surface area contributed by atoms with Crippen LogP contribution in [0.25, 0.3) is 94.8 Å². The Bertz CT molecular complexity index is 4400. The number of nitrogens with one attached hydrogen (secondary N) is 4. The summed E-state index contributed by atoms with van der Waals surface area (Å²) in [5, 5.41) is 59.4. The van der Waals surface area contributed by atoms with Crippen LogP contribution in [-0.4, -0.2) is 100 Å². The number of aliphatic hydroxyl groups excluding tert-OH is 2. The van der Waals surface area contributed by atoms with Crippen LogP contribution in [0.2, 0.25) is 0 Å². The topological polar surface area (TPSA) is 304 Å². The molecule has 4 aliphatic heterocycles. The van der Waals surface area contributed by atoms with Crippen LogP contribution in [0.4, 0.5) is 0 Å². The van der Waals surface area contributed by atoms with E-state index in [0.29, 0.717) is 57.9 Å². The Morgan fingerprint density at radius 3 is 1.24 bits per heavy atom. The number of carboxylic acid groups (broad SMARTS) is 4. The highest BCUT2D eigenvalue weighted by Gasteiger charge is 2.26. The summed E-state index contributed by atoms with van der Waals surface area (Å²) in [6.07, 6.45) is 3.06. The largest absolute Gasteiger partial charge is 0.481 e. The molecule has 16 bridgehead atoms. The van der Waals surface area contributed by atoms with Gasteiger partial charge in [-0.1, -0.05) is 25.3 Å². The Morgan fingerprint density at radius 2 is 0.779 bits per heavy atom. The molecule has 0 radical (unpaired) electrons. The van der Waals surface area contributed by atoms with Crippen LogP contribution in [0.1, 0.15) is 176 Å². The van der Waals surface area contributed by atoms with Crippen molar-refractivity contribution >= 4 is 119 Å². The highest BCUT2D eigenvalue weighted by Crippen LogP contribution is 2.40. The van der Waals surface area contributed by atoms with Gasteiger partial charge in [0.1, 0.15) is 0 Å². The zero-order chi connectivity index (χ0) is 62.3. The SMILES string of the molecule is C=CC1=C(C)c2cc3[nH]c(cc4nc(cc5[nH]c(cc1n2)c(C)c5CCC(=O)O)C(CCC(=O)O)=C4C)c(C)c3C=C.CC1=C(CCC(=O)O)c2cc3[nH]c(cc4nc(cc5[nH]c(cc1n2)c(C)c5C(C)O)C(C)=C4C(C)O)c(C)c3CCC(=O)O. The fraction of sp³-hybridized carbons (Fsp3) is 0.294. The molecule has 0 saturated heterocycles. The molecule has 0 saturated carbocycles. The van der Waals surface area contributed by atoms with Crippen molar-refractivity contribution in [3.05, 3.63) is 158 Å². The van der Waals surface area contributed by atoms with Gasteiger partial charge in [-0.15, -0.1) is 0 Å². The third-order valence-corrected chi connectivity index (χ3v) is 16.9. The predicted octanol–water partition coefficient (Wildman–Crippen LogP) is 13.6. The van der Waals surface area contributed by atoms with Gasteiger partial charge in [-0.25, -0.2) is 19.9 Å². The molecule has 0 aromatic carbocycles. The van der Waals surface area contributed by atoms with E-state index in [0.717, 1.165) is 134 Å². The summed E-state index contributed by atoms with van der Waals surface area (Å²) in [5.41, 5.74) is 25.4. The fourth-order valence-electron chi connectivity index (χ4n) is 12.1. The number of aromatic amines is 4.